The summed E-state index contributed by atoms with van der Waals surface area (Å²) in [4.78, 5) is 9.60. The Hall–Kier alpha value is -1.51. The highest BCUT2D eigenvalue weighted by atomic mass is 16.4. The third kappa shape index (κ3) is 3.62. The first-order valence-electron chi connectivity index (χ1n) is 5.10. The highest BCUT2D eigenvalue weighted by Gasteiger charge is 2.19. The van der Waals surface area contributed by atoms with E-state index in [0.717, 1.165) is 5.92 Å². The van der Waals surface area contributed by atoms with E-state index in [1.807, 2.05) is 0 Å². The Labute approximate surface area is 90.2 Å². The molecule has 0 bridgehead atoms. The first kappa shape index (κ1) is 11.6. The van der Waals surface area contributed by atoms with Crippen LogP contribution >= 0.6 is 0 Å². The normalized spacial score (nSPS) is 21.7. The van der Waals surface area contributed by atoms with Crippen LogP contribution in [0.1, 0.15) is 19.8 Å². The zero-order valence-electron chi connectivity index (χ0n) is 8.99. The summed E-state index contributed by atoms with van der Waals surface area (Å²) >= 11 is 0. The topological polar surface area (TPSA) is 49.3 Å². The Morgan fingerprint density at radius 2 is 2.33 bits per heavy atom. The maximum Gasteiger partial charge on any atom is 0.330 e. The molecule has 0 aromatic rings. The smallest absolute Gasteiger partial charge is 0.330 e. The highest BCUT2D eigenvalue weighted by molar-refractivity contribution is 5.84. The third-order valence-electron chi connectivity index (χ3n) is 2.46. The van der Waals surface area contributed by atoms with Crippen LogP contribution in [0.2, 0.25) is 0 Å². The van der Waals surface area contributed by atoms with Crippen LogP contribution in [0.25, 0.3) is 0 Å². The van der Waals surface area contributed by atoms with Crippen molar-refractivity contribution in [2.75, 3.05) is 6.54 Å². The number of fused-ring (bicyclic) bond motifs is 1. The van der Waals surface area contributed by atoms with Crippen molar-refractivity contribution < 1.29 is 9.90 Å². The molecular weight excluding hydrogens is 190 g/mol. The maximum atomic E-state index is 9.60. The molecule has 1 atom stereocenters. The maximum absolute atomic E-state index is 9.60. The zero-order chi connectivity index (χ0) is 11.3. The molecule has 3 nitrogen and oxygen atoms in total. The predicted octanol–water partition coefficient (Wildman–Crippen LogP) is 2.09. The van der Waals surface area contributed by atoms with Gasteiger partial charge in [0, 0.05) is 23.7 Å². The molecule has 1 saturated heterocycles. The van der Waals surface area contributed by atoms with E-state index < -0.39 is 5.97 Å². The molecule has 0 spiro atoms. The van der Waals surface area contributed by atoms with Crippen LogP contribution in [0.15, 0.2) is 36.1 Å². The average molecular weight is 207 g/mol. The van der Waals surface area contributed by atoms with Gasteiger partial charge in [0.25, 0.3) is 0 Å². The van der Waals surface area contributed by atoms with Crippen molar-refractivity contribution in [3.05, 3.63) is 36.1 Å². The molecule has 82 valence electrons. The summed E-state index contributed by atoms with van der Waals surface area (Å²) in [6.45, 7) is 5.78. The molecule has 0 aromatic heterocycles. The third-order valence-corrected chi connectivity index (χ3v) is 2.46. The van der Waals surface area contributed by atoms with Crippen LogP contribution in [0.3, 0.4) is 0 Å². The molecule has 1 unspecified atom stereocenters. The highest BCUT2D eigenvalue weighted by Crippen LogP contribution is 2.25. The summed E-state index contributed by atoms with van der Waals surface area (Å²) in [5.74, 6) is -0.106. The second-order valence-corrected chi connectivity index (χ2v) is 3.78. The standard InChI is InChI=1S/C8H11N.C4H6O2/c1-2-4-8-7(3-1)5-6-9-8;1-3(2)4(5)6/h1-2,4,7,9H,3,5-6H2;1H2,2H3,(H,5,6). The van der Waals surface area contributed by atoms with Gasteiger partial charge in [-0.15, -0.1) is 0 Å². The second-order valence-electron chi connectivity index (χ2n) is 3.78. The van der Waals surface area contributed by atoms with E-state index in [1.165, 1.54) is 32.0 Å². The monoisotopic (exact) mass is 207 g/mol. The largest absolute Gasteiger partial charge is 0.478 e. The van der Waals surface area contributed by atoms with E-state index >= 15 is 0 Å². The summed E-state index contributed by atoms with van der Waals surface area (Å²) in [7, 11) is 0. The van der Waals surface area contributed by atoms with Gasteiger partial charge in [0.05, 0.1) is 0 Å². The Morgan fingerprint density at radius 3 is 2.87 bits per heavy atom. The van der Waals surface area contributed by atoms with Crippen LogP contribution in [0.5, 0.6) is 0 Å². The second kappa shape index (κ2) is 5.39. The van der Waals surface area contributed by atoms with Crippen molar-refractivity contribution in [3.63, 3.8) is 0 Å². The van der Waals surface area contributed by atoms with E-state index in [1.54, 1.807) is 0 Å². The summed E-state index contributed by atoms with van der Waals surface area (Å²) in [6, 6.07) is 0. The Morgan fingerprint density at radius 1 is 1.67 bits per heavy atom. The first-order chi connectivity index (χ1) is 7.11. The number of carboxylic acids is 1. The van der Waals surface area contributed by atoms with E-state index in [4.69, 9.17) is 5.11 Å². The van der Waals surface area contributed by atoms with E-state index in [-0.39, 0.29) is 5.57 Å². The lowest BCUT2D eigenvalue weighted by Gasteiger charge is -2.10. The SMILES string of the molecule is C1=CCC2CCNC2=C1.C=C(C)C(=O)O. The van der Waals surface area contributed by atoms with Gasteiger partial charge >= 0.3 is 5.97 Å². The fraction of sp³-hybridized carbons (Fsp3) is 0.417. The lowest BCUT2D eigenvalue weighted by Crippen LogP contribution is -2.07. The van der Waals surface area contributed by atoms with E-state index in [2.05, 4.69) is 30.1 Å². The van der Waals surface area contributed by atoms with Gasteiger partial charge in [-0.2, -0.15) is 0 Å². The Balaban J connectivity index is 0.000000167. The van der Waals surface area contributed by atoms with E-state index in [0.29, 0.717) is 0 Å². The van der Waals surface area contributed by atoms with Crippen LogP contribution in [0.4, 0.5) is 0 Å². The zero-order valence-corrected chi connectivity index (χ0v) is 8.99. The quantitative estimate of drug-likeness (QED) is 0.647. The summed E-state index contributed by atoms with van der Waals surface area (Å²) in [5, 5.41) is 11.3. The molecule has 2 aliphatic rings. The van der Waals surface area contributed by atoms with Gasteiger partial charge in [0.15, 0.2) is 0 Å². The molecule has 0 saturated carbocycles. The molecule has 1 heterocycles. The molecule has 3 heteroatoms. The van der Waals surface area contributed by atoms with E-state index in [9.17, 15) is 4.79 Å². The predicted molar refractivity (Wildman–Crippen MR) is 60.4 cm³/mol. The number of rotatable bonds is 1. The van der Waals surface area contributed by atoms with Crippen molar-refractivity contribution in [1.82, 2.24) is 5.32 Å². The minimum absolute atomic E-state index is 0.176. The summed E-state index contributed by atoms with van der Waals surface area (Å²) < 4.78 is 0. The van der Waals surface area contributed by atoms with Crippen molar-refractivity contribution in [2.24, 2.45) is 5.92 Å². The minimum atomic E-state index is -0.935. The molecule has 1 fully saturated rings. The molecule has 0 amide bonds. The van der Waals surface area contributed by atoms with Crippen LogP contribution in [0, 0.1) is 5.92 Å². The van der Waals surface area contributed by atoms with Crippen LogP contribution in [-0.2, 0) is 4.79 Å². The van der Waals surface area contributed by atoms with Gasteiger partial charge in [-0.25, -0.2) is 4.79 Å². The van der Waals surface area contributed by atoms with Gasteiger partial charge in [-0.05, 0) is 25.8 Å². The Bertz CT molecular complexity index is 304. The molecule has 15 heavy (non-hydrogen) atoms. The fourth-order valence-corrected chi connectivity index (χ4v) is 1.54. The van der Waals surface area contributed by atoms with Crippen molar-refractivity contribution in [3.8, 4) is 0 Å². The molecule has 1 aliphatic carbocycles. The van der Waals surface area contributed by atoms with Crippen molar-refractivity contribution in [2.45, 2.75) is 19.8 Å². The van der Waals surface area contributed by atoms with Gasteiger partial charge in [0.2, 0.25) is 0 Å². The lowest BCUT2D eigenvalue weighted by molar-refractivity contribution is -0.132. The van der Waals surface area contributed by atoms with Crippen molar-refractivity contribution >= 4 is 5.97 Å². The number of aliphatic carboxylic acids is 1. The molecule has 2 N–H and O–H groups in total. The van der Waals surface area contributed by atoms with Crippen LogP contribution in [-0.4, -0.2) is 17.6 Å². The van der Waals surface area contributed by atoms with Crippen molar-refractivity contribution in [1.29, 1.82) is 0 Å². The number of hydrogen-bond donors (Lipinski definition) is 2. The molecule has 1 aliphatic heterocycles. The van der Waals surface area contributed by atoms with Gasteiger partial charge in [-0.1, -0.05) is 18.7 Å². The summed E-state index contributed by atoms with van der Waals surface area (Å²) in [6.07, 6.45) is 9.17. The van der Waals surface area contributed by atoms with Gasteiger partial charge < -0.3 is 10.4 Å². The Kier molecular flexibility index (Phi) is 4.16. The number of carboxylic acid groups (broad SMARTS) is 1. The first-order valence-corrected chi connectivity index (χ1v) is 5.10. The number of nitrogens with one attached hydrogen (secondary N) is 1. The minimum Gasteiger partial charge on any atom is -0.478 e. The van der Waals surface area contributed by atoms with Gasteiger partial charge in [-0.3, -0.25) is 0 Å². The molecular formula is C12H17NO2. The number of carbonyl (C=O) groups is 1. The lowest BCUT2D eigenvalue weighted by atomic mass is 9.97. The molecule has 0 aromatic carbocycles. The fourth-order valence-electron chi connectivity index (χ4n) is 1.54. The molecule has 0 radical (unpaired) electrons. The van der Waals surface area contributed by atoms with Gasteiger partial charge in [0.1, 0.15) is 0 Å². The number of hydrogen-bond acceptors (Lipinski definition) is 2. The number of allylic oxidation sites excluding steroid dienone is 4. The van der Waals surface area contributed by atoms with Crippen LogP contribution < -0.4 is 5.32 Å². The summed E-state index contributed by atoms with van der Waals surface area (Å²) in [5.41, 5.74) is 1.63. The average Bonchev–Trinajstić information content (AvgIpc) is 2.66. The molecule has 2 rings (SSSR count).